The highest BCUT2D eigenvalue weighted by atomic mass is 16.5. The van der Waals surface area contributed by atoms with Crippen LogP contribution in [0.2, 0.25) is 0 Å². The van der Waals surface area contributed by atoms with E-state index in [9.17, 15) is 9.59 Å². The number of rotatable bonds is 7. The number of ether oxygens (including phenoxy) is 1. The number of likely N-dealkylation sites (tertiary alicyclic amines) is 1. The van der Waals surface area contributed by atoms with Crippen LogP contribution in [0.3, 0.4) is 0 Å². The van der Waals surface area contributed by atoms with Crippen molar-refractivity contribution in [2.45, 2.75) is 32.6 Å². The van der Waals surface area contributed by atoms with Crippen LogP contribution in [0.1, 0.15) is 42.1 Å². The quantitative estimate of drug-likeness (QED) is 0.418. The summed E-state index contributed by atoms with van der Waals surface area (Å²) in [4.78, 5) is 26.5. The third-order valence-electron chi connectivity index (χ3n) is 6.43. The van der Waals surface area contributed by atoms with Crippen molar-refractivity contribution in [1.29, 1.82) is 0 Å². The number of hydrogen-bond acceptors (Lipinski definition) is 3. The Hall–Kier alpha value is -3.60. The summed E-state index contributed by atoms with van der Waals surface area (Å²) in [7, 11) is 0. The molecule has 0 aromatic heterocycles. The standard InChI is InChI=1S/C29H32N2O3/c1-2-34-28(32)26-9-6-10-27(21-26)30-29(33)31-19-17-23(18-20-31)12-11-22-13-15-25(16-14-22)24-7-4-3-5-8-24/h3-10,13-16,21,23H,2,11-12,17-20H2,1H3,(H,30,33). The van der Waals surface area contributed by atoms with Crippen molar-refractivity contribution in [3.05, 3.63) is 90.0 Å². The Kier molecular flexibility index (Phi) is 7.97. The molecule has 5 nitrogen and oxygen atoms in total. The van der Waals surface area contributed by atoms with Crippen molar-refractivity contribution in [1.82, 2.24) is 4.90 Å². The van der Waals surface area contributed by atoms with Gasteiger partial charge in [-0.2, -0.15) is 0 Å². The van der Waals surface area contributed by atoms with Crippen LogP contribution in [0.25, 0.3) is 11.1 Å². The highest BCUT2D eigenvalue weighted by Gasteiger charge is 2.23. The molecule has 34 heavy (non-hydrogen) atoms. The molecule has 1 aliphatic rings. The van der Waals surface area contributed by atoms with Crippen LogP contribution < -0.4 is 5.32 Å². The average molecular weight is 457 g/mol. The lowest BCUT2D eigenvalue weighted by Gasteiger charge is -2.32. The Balaban J connectivity index is 1.22. The smallest absolute Gasteiger partial charge is 0.338 e. The van der Waals surface area contributed by atoms with Gasteiger partial charge in [0.25, 0.3) is 0 Å². The Labute approximate surface area is 201 Å². The lowest BCUT2D eigenvalue weighted by Crippen LogP contribution is -2.41. The summed E-state index contributed by atoms with van der Waals surface area (Å²) < 4.78 is 5.03. The molecule has 0 spiro atoms. The fraction of sp³-hybridized carbons (Fsp3) is 0.310. The van der Waals surface area contributed by atoms with Crippen molar-refractivity contribution in [3.8, 4) is 11.1 Å². The Morgan fingerprint density at radius 2 is 1.62 bits per heavy atom. The zero-order valence-corrected chi connectivity index (χ0v) is 19.7. The molecule has 1 heterocycles. The summed E-state index contributed by atoms with van der Waals surface area (Å²) in [5, 5.41) is 2.92. The highest BCUT2D eigenvalue weighted by Crippen LogP contribution is 2.25. The molecule has 2 amide bonds. The van der Waals surface area contributed by atoms with Crippen LogP contribution in [-0.4, -0.2) is 36.6 Å². The predicted molar refractivity (Wildman–Crippen MR) is 136 cm³/mol. The van der Waals surface area contributed by atoms with Crippen molar-refractivity contribution in [3.63, 3.8) is 0 Å². The molecule has 0 radical (unpaired) electrons. The van der Waals surface area contributed by atoms with E-state index in [4.69, 9.17) is 4.74 Å². The van der Waals surface area contributed by atoms with Crippen LogP contribution in [-0.2, 0) is 11.2 Å². The van der Waals surface area contributed by atoms with E-state index in [2.05, 4.69) is 53.8 Å². The van der Waals surface area contributed by atoms with E-state index in [-0.39, 0.29) is 12.0 Å². The van der Waals surface area contributed by atoms with Gasteiger partial charge in [0.2, 0.25) is 0 Å². The van der Waals surface area contributed by atoms with Gasteiger partial charge in [0.1, 0.15) is 0 Å². The van der Waals surface area contributed by atoms with E-state index in [1.165, 1.54) is 16.7 Å². The second kappa shape index (κ2) is 11.5. The summed E-state index contributed by atoms with van der Waals surface area (Å²) >= 11 is 0. The van der Waals surface area contributed by atoms with Gasteiger partial charge in [-0.05, 0) is 73.4 Å². The number of esters is 1. The minimum Gasteiger partial charge on any atom is -0.462 e. The van der Waals surface area contributed by atoms with Crippen LogP contribution >= 0.6 is 0 Å². The van der Waals surface area contributed by atoms with Crippen LogP contribution in [0.5, 0.6) is 0 Å². The van der Waals surface area contributed by atoms with Crippen molar-refractivity contribution in [2.24, 2.45) is 5.92 Å². The number of hydrogen-bond donors (Lipinski definition) is 1. The summed E-state index contributed by atoms with van der Waals surface area (Å²) in [6.07, 6.45) is 4.23. The lowest BCUT2D eigenvalue weighted by atomic mass is 9.90. The number of anilines is 1. The molecule has 0 aliphatic carbocycles. The average Bonchev–Trinajstić information content (AvgIpc) is 2.89. The Morgan fingerprint density at radius 1 is 0.912 bits per heavy atom. The molecule has 0 atom stereocenters. The minimum atomic E-state index is -0.380. The number of nitrogens with one attached hydrogen (secondary N) is 1. The third kappa shape index (κ3) is 6.25. The predicted octanol–water partition coefficient (Wildman–Crippen LogP) is 6.41. The molecule has 0 bridgehead atoms. The van der Waals surface area contributed by atoms with Crippen LogP contribution in [0.15, 0.2) is 78.9 Å². The normalized spacial score (nSPS) is 14.0. The van der Waals surface area contributed by atoms with Gasteiger partial charge in [-0.3, -0.25) is 0 Å². The number of carbonyl (C=O) groups is 2. The number of urea groups is 1. The summed E-state index contributed by atoms with van der Waals surface area (Å²) in [6, 6.07) is 26.1. The molecule has 3 aromatic rings. The first-order valence-corrected chi connectivity index (χ1v) is 12.1. The number of carbonyl (C=O) groups excluding carboxylic acids is 2. The fourth-order valence-corrected chi connectivity index (χ4v) is 4.43. The van der Waals surface area contributed by atoms with Gasteiger partial charge in [0.05, 0.1) is 12.2 Å². The molecule has 1 fully saturated rings. The van der Waals surface area contributed by atoms with Gasteiger partial charge in [-0.25, -0.2) is 9.59 Å². The first kappa shape index (κ1) is 23.6. The molecular weight excluding hydrogens is 424 g/mol. The SMILES string of the molecule is CCOC(=O)c1cccc(NC(=O)N2CCC(CCc3ccc(-c4ccccc4)cc3)CC2)c1. The zero-order valence-electron chi connectivity index (χ0n) is 19.7. The molecule has 0 saturated carbocycles. The maximum absolute atomic E-state index is 12.7. The van der Waals surface area contributed by atoms with Crippen LogP contribution in [0.4, 0.5) is 10.5 Å². The molecule has 0 unspecified atom stereocenters. The second-order valence-corrected chi connectivity index (χ2v) is 8.76. The number of piperidine rings is 1. The fourth-order valence-electron chi connectivity index (χ4n) is 4.43. The first-order valence-electron chi connectivity index (χ1n) is 12.1. The second-order valence-electron chi connectivity index (χ2n) is 8.76. The molecule has 1 aliphatic heterocycles. The van der Waals surface area contributed by atoms with Gasteiger partial charge in [-0.15, -0.1) is 0 Å². The van der Waals surface area contributed by atoms with Crippen LogP contribution in [0, 0.1) is 5.92 Å². The molecule has 5 heteroatoms. The number of nitrogens with zero attached hydrogens (tertiary/aromatic N) is 1. The number of aryl methyl sites for hydroxylation is 1. The van der Waals surface area contributed by atoms with Gasteiger partial charge >= 0.3 is 12.0 Å². The van der Waals surface area contributed by atoms with Crippen molar-refractivity contribution >= 4 is 17.7 Å². The lowest BCUT2D eigenvalue weighted by molar-refractivity contribution is 0.0526. The third-order valence-corrected chi connectivity index (χ3v) is 6.43. The van der Waals surface area contributed by atoms with E-state index in [0.717, 1.165) is 38.8 Å². The Morgan fingerprint density at radius 3 is 2.32 bits per heavy atom. The van der Waals surface area contributed by atoms with Gasteiger partial charge in [-0.1, -0.05) is 60.7 Å². The Bertz CT molecular complexity index is 1090. The van der Waals surface area contributed by atoms with E-state index in [0.29, 0.717) is 23.8 Å². The van der Waals surface area contributed by atoms with E-state index >= 15 is 0 Å². The first-order chi connectivity index (χ1) is 16.6. The molecule has 4 rings (SSSR count). The van der Waals surface area contributed by atoms with Gasteiger partial charge < -0.3 is 15.0 Å². The largest absolute Gasteiger partial charge is 0.462 e. The van der Waals surface area contributed by atoms with E-state index in [1.54, 1.807) is 31.2 Å². The van der Waals surface area contributed by atoms with Crippen molar-refractivity contribution < 1.29 is 14.3 Å². The summed E-state index contributed by atoms with van der Waals surface area (Å²) in [5.41, 5.74) is 4.90. The topological polar surface area (TPSA) is 58.6 Å². The summed E-state index contributed by atoms with van der Waals surface area (Å²) in [5.74, 6) is 0.249. The van der Waals surface area contributed by atoms with E-state index < -0.39 is 0 Å². The molecular formula is C29H32N2O3. The highest BCUT2D eigenvalue weighted by molar-refractivity contribution is 5.94. The van der Waals surface area contributed by atoms with Crippen molar-refractivity contribution in [2.75, 3.05) is 25.0 Å². The molecule has 176 valence electrons. The minimum absolute atomic E-state index is 0.115. The molecule has 3 aromatic carbocycles. The molecule has 1 saturated heterocycles. The van der Waals surface area contributed by atoms with Gasteiger partial charge in [0.15, 0.2) is 0 Å². The summed E-state index contributed by atoms with van der Waals surface area (Å²) in [6.45, 7) is 3.60. The molecule has 1 N–H and O–H groups in total. The van der Waals surface area contributed by atoms with Gasteiger partial charge in [0, 0.05) is 18.8 Å². The maximum atomic E-state index is 12.7. The number of benzene rings is 3. The zero-order chi connectivity index (χ0) is 23.8. The number of amides is 2. The maximum Gasteiger partial charge on any atom is 0.338 e. The monoisotopic (exact) mass is 456 g/mol. The van der Waals surface area contributed by atoms with E-state index in [1.807, 2.05) is 11.0 Å².